The van der Waals surface area contributed by atoms with Crippen LogP contribution in [0.1, 0.15) is 17.9 Å². The Morgan fingerprint density at radius 3 is 2.92 bits per heavy atom. The summed E-state index contributed by atoms with van der Waals surface area (Å²) in [5, 5.41) is 8.78. The number of aryl methyl sites for hydroxylation is 1. The lowest BCUT2D eigenvalue weighted by Crippen LogP contribution is -2.23. The monoisotopic (exact) mass is 371 g/mol. The molecule has 0 saturated heterocycles. The Balaban J connectivity index is 1.27. The van der Waals surface area contributed by atoms with Crippen LogP contribution in [0.25, 0.3) is 10.7 Å². The first-order chi connectivity index (χ1) is 12.8. The number of nitrogens with one attached hydrogen (secondary N) is 1. The minimum atomic E-state index is -0.0734. The van der Waals surface area contributed by atoms with Crippen LogP contribution in [0, 0.1) is 0 Å². The second kappa shape index (κ2) is 7.57. The summed E-state index contributed by atoms with van der Waals surface area (Å²) < 4.78 is 16.2. The van der Waals surface area contributed by atoms with Gasteiger partial charge in [0.15, 0.2) is 11.5 Å². The number of hydrogen-bond acceptors (Lipinski definition) is 7. The molecule has 0 radical (unpaired) electrons. The number of fused-ring (bicyclic) bond motifs is 1. The first kappa shape index (κ1) is 16.6. The minimum Gasteiger partial charge on any atom is -0.486 e. The highest BCUT2D eigenvalue weighted by molar-refractivity contribution is 7.13. The highest BCUT2D eigenvalue weighted by atomic mass is 32.1. The van der Waals surface area contributed by atoms with Gasteiger partial charge in [-0.1, -0.05) is 17.3 Å². The molecular weight excluding hydrogens is 354 g/mol. The zero-order valence-electron chi connectivity index (χ0n) is 13.9. The maximum atomic E-state index is 12.1. The zero-order valence-corrected chi connectivity index (χ0v) is 14.8. The van der Waals surface area contributed by atoms with Crippen LogP contribution in [0.4, 0.5) is 0 Å². The van der Waals surface area contributed by atoms with E-state index < -0.39 is 0 Å². The van der Waals surface area contributed by atoms with Gasteiger partial charge in [-0.15, -0.1) is 11.3 Å². The van der Waals surface area contributed by atoms with Crippen LogP contribution < -0.4 is 14.8 Å². The first-order valence-corrected chi connectivity index (χ1v) is 9.17. The smallest absolute Gasteiger partial charge is 0.227 e. The predicted molar refractivity (Wildman–Crippen MR) is 95.2 cm³/mol. The van der Waals surface area contributed by atoms with E-state index in [1.54, 1.807) is 11.3 Å². The maximum Gasteiger partial charge on any atom is 0.227 e. The molecule has 0 spiro atoms. The van der Waals surface area contributed by atoms with Crippen LogP contribution >= 0.6 is 11.3 Å². The number of nitrogens with zero attached hydrogens (tertiary/aromatic N) is 2. The van der Waals surface area contributed by atoms with Crippen molar-refractivity contribution in [1.82, 2.24) is 15.5 Å². The van der Waals surface area contributed by atoms with E-state index in [9.17, 15) is 4.79 Å². The van der Waals surface area contributed by atoms with Crippen LogP contribution in [0.15, 0.2) is 40.2 Å². The Morgan fingerprint density at radius 2 is 2.08 bits per heavy atom. The number of rotatable bonds is 6. The van der Waals surface area contributed by atoms with E-state index in [4.69, 9.17) is 14.0 Å². The van der Waals surface area contributed by atoms with Gasteiger partial charge in [-0.25, -0.2) is 0 Å². The largest absolute Gasteiger partial charge is 0.486 e. The number of thiophene rings is 1. The fourth-order valence-corrected chi connectivity index (χ4v) is 3.22. The highest BCUT2D eigenvalue weighted by Crippen LogP contribution is 2.30. The van der Waals surface area contributed by atoms with E-state index in [0.29, 0.717) is 37.9 Å². The summed E-state index contributed by atoms with van der Waals surface area (Å²) in [4.78, 5) is 17.3. The van der Waals surface area contributed by atoms with Gasteiger partial charge in [0.05, 0.1) is 4.88 Å². The zero-order chi connectivity index (χ0) is 17.8. The molecule has 26 heavy (non-hydrogen) atoms. The van der Waals surface area contributed by atoms with Crippen LogP contribution in [0.2, 0.25) is 0 Å². The number of benzene rings is 1. The quantitative estimate of drug-likeness (QED) is 0.717. The maximum absolute atomic E-state index is 12.1. The number of hydrogen-bond donors (Lipinski definition) is 1. The van der Waals surface area contributed by atoms with Gasteiger partial charge in [-0.3, -0.25) is 4.79 Å². The molecule has 7 nitrogen and oxygen atoms in total. The molecule has 4 rings (SSSR count). The fraction of sp³-hybridized carbons (Fsp3) is 0.278. The molecule has 0 fully saturated rings. The van der Waals surface area contributed by atoms with Gasteiger partial charge in [-0.05, 0) is 29.1 Å². The van der Waals surface area contributed by atoms with Crippen molar-refractivity contribution in [1.29, 1.82) is 0 Å². The number of carbonyl (C=O) groups excluding carboxylic acids is 1. The molecule has 3 aromatic rings. The van der Waals surface area contributed by atoms with E-state index in [0.717, 1.165) is 21.9 Å². The van der Waals surface area contributed by atoms with Gasteiger partial charge in [0.1, 0.15) is 13.2 Å². The number of ether oxygens (including phenoxy) is 2. The second-order valence-corrected chi connectivity index (χ2v) is 6.69. The van der Waals surface area contributed by atoms with Gasteiger partial charge in [-0.2, -0.15) is 4.98 Å². The predicted octanol–water partition coefficient (Wildman–Crippen LogP) is 2.82. The molecule has 1 aromatic carbocycles. The average Bonchev–Trinajstić information content (AvgIpc) is 3.36. The van der Waals surface area contributed by atoms with Gasteiger partial charge >= 0.3 is 0 Å². The Kier molecular flexibility index (Phi) is 4.83. The SMILES string of the molecule is O=C(CCc1nc(-c2cccs2)no1)NCc1ccc2c(c1)OCCO2. The average molecular weight is 371 g/mol. The molecule has 3 heterocycles. The standard InChI is InChI=1S/C18H17N3O4S/c22-16(5-6-17-20-18(21-25-17)15-2-1-9-26-15)19-11-12-3-4-13-14(10-12)24-8-7-23-13/h1-4,9-10H,5-8,11H2,(H,19,22). The minimum absolute atomic E-state index is 0.0734. The highest BCUT2D eigenvalue weighted by Gasteiger charge is 2.13. The molecule has 0 bridgehead atoms. The molecule has 1 aliphatic rings. The molecule has 0 saturated carbocycles. The Labute approximate surface area is 153 Å². The van der Waals surface area contributed by atoms with Crippen LogP contribution in [-0.4, -0.2) is 29.3 Å². The third kappa shape index (κ3) is 3.85. The lowest BCUT2D eigenvalue weighted by Gasteiger charge is -2.18. The topological polar surface area (TPSA) is 86.5 Å². The Morgan fingerprint density at radius 1 is 1.19 bits per heavy atom. The van der Waals surface area contributed by atoms with E-state index in [-0.39, 0.29) is 12.3 Å². The van der Waals surface area contributed by atoms with Crippen molar-refractivity contribution >= 4 is 17.2 Å². The van der Waals surface area contributed by atoms with Crippen molar-refractivity contribution in [3.8, 4) is 22.2 Å². The van der Waals surface area contributed by atoms with Gasteiger partial charge in [0.2, 0.25) is 17.6 Å². The summed E-state index contributed by atoms with van der Waals surface area (Å²) in [6.07, 6.45) is 0.696. The molecule has 0 aliphatic carbocycles. The molecule has 1 N–H and O–H groups in total. The summed E-state index contributed by atoms with van der Waals surface area (Å²) in [6, 6.07) is 9.53. The summed E-state index contributed by atoms with van der Waals surface area (Å²) >= 11 is 1.55. The molecule has 0 unspecified atom stereocenters. The van der Waals surface area contributed by atoms with Gasteiger partial charge in [0, 0.05) is 19.4 Å². The third-order valence-corrected chi connectivity index (χ3v) is 4.74. The molecule has 8 heteroatoms. The van der Waals surface area contributed by atoms with Crippen LogP contribution in [-0.2, 0) is 17.8 Å². The van der Waals surface area contributed by atoms with E-state index >= 15 is 0 Å². The lowest BCUT2D eigenvalue weighted by atomic mass is 10.2. The molecule has 1 aliphatic heterocycles. The van der Waals surface area contributed by atoms with Crippen molar-refractivity contribution in [3.63, 3.8) is 0 Å². The molecule has 134 valence electrons. The Hall–Kier alpha value is -2.87. The summed E-state index contributed by atoms with van der Waals surface area (Å²) in [5.74, 6) is 2.41. The Bertz CT molecular complexity index is 892. The van der Waals surface area contributed by atoms with Crippen molar-refractivity contribution in [2.75, 3.05) is 13.2 Å². The molecule has 2 aromatic heterocycles. The number of amides is 1. The first-order valence-electron chi connectivity index (χ1n) is 8.29. The van der Waals surface area contributed by atoms with Gasteiger partial charge < -0.3 is 19.3 Å². The van der Waals surface area contributed by atoms with E-state index in [1.807, 2.05) is 35.7 Å². The summed E-state index contributed by atoms with van der Waals surface area (Å²) in [6.45, 7) is 1.53. The number of carbonyl (C=O) groups is 1. The van der Waals surface area contributed by atoms with E-state index in [2.05, 4.69) is 15.5 Å². The van der Waals surface area contributed by atoms with Crippen molar-refractivity contribution in [2.45, 2.75) is 19.4 Å². The van der Waals surface area contributed by atoms with Crippen LogP contribution in [0.3, 0.4) is 0 Å². The molecule has 1 amide bonds. The second-order valence-electron chi connectivity index (χ2n) is 5.74. The van der Waals surface area contributed by atoms with Crippen molar-refractivity contribution in [3.05, 3.63) is 47.2 Å². The summed E-state index contributed by atoms with van der Waals surface area (Å²) in [5.41, 5.74) is 0.959. The molecule has 0 atom stereocenters. The van der Waals surface area contributed by atoms with Crippen molar-refractivity contribution in [2.24, 2.45) is 0 Å². The lowest BCUT2D eigenvalue weighted by molar-refractivity contribution is -0.121. The van der Waals surface area contributed by atoms with Crippen LogP contribution in [0.5, 0.6) is 11.5 Å². The summed E-state index contributed by atoms with van der Waals surface area (Å²) in [7, 11) is 0. The van der Waals surface area contributed by atoms with E-state index in [1.165, 1.54) is 0 Å². The van der Waals surface area contributed by atoms with Crippen molar-refractivity contribution < 1.29 is 18.8 Å². The van der Waals surface area contributed by atoms with Gasteiger partial charge in [0.25, 0.3) is 0 Å². The molecular formula is C18H17N3O4S. The number of aromatic nitrogens is 2. The normalized spacial score (nSPS) is 12.8. The fourth-order valence-electron chi connectivity index (χ4n) is 2.57. The third-order valence-electron chi connectivity index (χ3n) is 3.87.